The molecule has 1 saturated carbocycles. The molecule has 1 fully saturated rings. The summed E-state index contributed by atoms with van der Waals surface area (Å²) in [4.78, 5) is 0. The molecule has 0 aromatic heterocycles. The molecule has 3 N–H and O–H groups in total. The van der Waals surface area contributed by atoms with Crippen LogP contribution in [-0.4, -0.2) is 17.8 Å². The fourth-order valence-corrected chi connectivity index (χ4v) is 3.52. The number of nitrogens with two attached hydrogens (primary N) is 1. The molecule has 0 spiro atoms. The predicted octanol–water partition coefficient (Wildman–Crippen LogP) is 3.19. The summed E-state index contributed by atoms with van der Waals surface area (Å²) < 4.78 is 26.9. The van der Waals surface area contributed by atoms with E-state index in [0.29, 0.717) is 5.56 Å². The number of benzene rings is 1. The molecule has 1 aromatic rings. The van der Waals surface area contributed by atoms with Crippen molar-refractivity contribution in [3.8, 4) is 0 Å². The highest BCUT2D eigenvalue weighted by Gasteiger charge is 2.42. The van der Waals surface area contributed by atoms with Crippen molar-refractivity contribution in [1.29, 1.82) is 0 Å². The summed E-state index contributed by atoms with van der Waals surface area (Å²) in [5.74, 6) is -1.63. The van der Waals surface area contributed by atoms with E-state index in [9.17, 15) is 13.9 Å². The topological polar surface area (TPSA) is 46.2 Å². The maximum Gasteiger partial charge on any atom is 0.129 e. The molecule has 1 aliphatic carbocycles. The van der Waals surface area contributed by atoms with Crippen LogP contribution in [0, 0.1) is 23.0 Å². The second-order valence-corrected chi connectivity index (χ2v) is 6.49. The van der Waals surface area contributed by atoms with Gasteiger partial charge in [0.1, 0.15) is 11.6 Å². The Kier molecular flexibility index (Phi) is 4.45. The lowest BCUT2D eigenvalue weighted by Crippen LogP contribution is -2.37. The maximum atomic E-state index is 13.9. The van der Waals surface area contributed by atoms with E-state index in [1.807, 2.05) is 0 Å². The van der Waals surface area contributed by atoms with Gasteiger partial charge in [0.25, 0.3) is 0 Å². The first-order valence-corrected chi connectivity index (χ1v) is 7.20. The standard InChI is InChI=1S/C16H23F2NO/c1-16(2)7-3-4-13(16)15(20)12(9-19)11-6-5-10(17)8-14(11)18/h5-6,8,12-13,15,20H,3-4,7,9,19H2,1-2H3. The van der Waals surface area contributed by atoms with Crippen LogP contribution in [0.1, 0.15) is 44.6 Å². The Morgan fingerprint density at radius 2 is 2.10 bits per heavy atom. The highest BCUT2D eigenvalue weighted by Crippen LogP contribution is 2.47. The maximum absolute atomic E-state index is 13.9. The van der Waals surface area contributed by atoms with Gasteiger partial charge in [-0.3, -0.25) is 0 Å². The summed E-state index contributed by atoms with van der Waals surface area (Å²) in [6.07, 6.45) is 2.35. The molecule has 3 atom stereocenters. The van der Waals surface area contributed by atoms with Gasteiger partial charge in [0.15, 0.2) is 0 Å². The largest absolute Gasteiger partial charge is 0.392 e. The van der Waals surface area contributed by atoms with Crippen molar-refractivity contribution in [3.63, 3.8) is 0 Å². The first kappa shape index (κ1) is 15.4. The Bertz CT molecular complexity index is 476. The second kappa shape index (κ2) is 5.78. The van der Waals surface area contributed by atoms with Gasteiger partial charge in [-0.2, -0.15) is 0 Å². The quantitative estimate of drug-likeness (QED) is 0.891. The van der Waals surface area contributed by atoms with Crippen LogP contribution in [-0.2, 0) is 0 Å². The Morgan fingerprint density at radius 1 is 1.40 bits per heavy atom. The molecule has 112 valence electrons. The molecule has 0 amide bonds. The highest BCUT2D eigenvalue weighted by molar-refractivity contribution is 5.24. The van der Waals surface area contributed by atoms with Gasteiger partial charge in [-0.05, 0) is 35.8 Å². The molecular weight excluding hydrogens is 260 g/mol. The first-order chi connectivity index (χ1) is 9.36. The molecule has 20 heavy (non-hydrogen) atoms. The monoisotopic (exact) mass is 283 g/mol. The molecule has 0 saturated heterocycles. The van der Waals surface area contributed by atoms with Gasteiger partial charge in [-0.1, -0.05) is 26.3 Å². The van der Waals surface area contributed by atoms with E-state index in [4.69, 9.17) is 5.73 Å². The molecular formula is C16H23F2NO. The van der Waals surface area contributed by atoms with Crippen molar-refractivity contribution in [1.82, 2.24) is 0 Å². The van der Waals surface area contributed by atoms with Crippen molar-refractivity contribution in [2.75, 3.05) is 6.54 Å². The molecule has 1 aliphatic rings. The number of halogens is 2. The molecule has 1 aromatic carbocycles. The SMILES string of the molecule is CC1(C)CCCC1C(O)C(CN)c1ccc(F)cc1F. The average molecular weight is 283 g/mol. The summed E-state index contributed by atoms with van der Waals surface area (Å²) in [5.41, 5.74) is 6.09. The third kappa shape index (κ3) is 2.86. The van der Waals surface area contributed by atoms with Gasteiger partial charge >= 0.3 is 0 Å². The van der Waals surface area contributed by atoms with Crippen LogP contribution in [0.15, 0.2) is 18.2 Å². The number of aliphatic hydroxyl groups is 1. The van der Waals surface area contributed by atoms with E-state index in [1.54, 1.807) is 0 Å². The minimum Gasteiger partial charge on any atom is -0.392 e. The lowest BCUT2D eigenvalue weighted by molar-refractivity contribution is 0.0337. The van der Waals surface area contributed by atoms with E-state index in [-0.39, 0.29) is 17.9 Å². The lowest BCUT2D eigenvalue weighted by Gasteiger charge is -2.35. The zero-order chi connectivity index (χ0) is 14.9. The molecule has 0 bridgehead atoms. The van der Waals surface area contributed by atoms with Crippen molar-refractivity contribution < 1.29 is 13.9 Å². The second-order valence-electron chi connectivity index (χ2n) is 6.49. The van der Waals surface area contributed by atoms with Crippen molar-refractivity contribution in [3.05, 3.63) is 35.4 Å². The molecule has 3 unspecified atom stereocenters. The van der Waals surface area contributed by atoms with Crippen LogP contribution in [0.25, 0.3) is 0 Å². The molecule has 2 nitrogen and oxygen atoms in total. The third-order valence-corrected chi connectivity index (χ3v) is 4.78. The van der Waals surface area contributed by atoms with Crippen LogP contribution in [0.2, 0.25) is 0 Å². The summed E-state index contributed by atoms with van der Waals surface area (Å²) in [6.45, 7) is 4.40. The van der Waals surface area contributed by atoms with Gasteiger partial charge in [-0.15, -0.1) is 0 Å². The molecule has 0 radical (unpaired) electrons. The molecule has 0 aliphatic heterocycles. The van der Waals surface area contributed by atoms with Gasteiger partial charge in [0.2, 0.25) is 0 Å². The van der Waals surface area contributed by atoms with Crippen LogP contribution in [0.4, 0.5) is 8.78 Å². The minimum atomic E-state index is -0.697. The summed E-state index contributed by atoms with van der Waals surface area (Å²) in [7, 11) is 0. The van der Waals surface area contributed by atoms with Crippen molar-refractivity contribution >= 4 is 0 Å². The van der Waals surface area contributed by atoms with Crippen LogP contribution < -0.4 is 5.73 Å². The zero-order valence-corrected chi connectivity index (χ0v) is 12.1. The fraction of sp³-hybridized carbons (Fsp3) is 0.625. The van der Waals surface area contributed by atoms with E-state index < -0.39 is 23.7 Å². The van der Waals surface area contributed by atoms with Gasteiger partial charge < -0.3 is 10.8 Å². The number of aliphatic hydroxyl groups excluding tert-OH is 1. The lowest BCUT2D eigenvalue weighted by atomic mass is 9.73. The van der Waals surface area contributed by atoms with E-state index >= 15 is 0 Å². The van der Waals surface area contributed by atoms with E-state index in [1.165, 1.54) is 12.1 Å². The normalized spacial score (nSPS) is 24.6. The minimum absolute atomic E-state index is 0.0311. The van der Waals surface area contributed by atoms with Gasteiger partial charge in [-0.25, -0.2) is 8.78 Å². The smallest absolute Gasteiger partial charge is 0.129 e. The Balaban J connectivity index is 2.27. The summed E-state index contributed by atoms with van der Waals surface area (Å²) in [5, 5.41) is 10.7. The Labute approximate surface area is 119 Å². The summed E-state index contributed by atoms with van der Waals surface area (Å²) in [6, 6.07) is 3.46. The van der Waals surface area contributed by atoms with E-state index in [0.717, 1.165) is 25.3 Å². The van der Waals surface area contributed by atoms with Crippen molar-refractivity contribution in [2.24, 2.45) is 17.1 Å². The van der Waals surface area contributed by atoms with Crippen molar-refractivity contribution in [2.45, 2.75) is 45.1 Å². The Hall–Kier alpha value is -1.00. The first-order valence-electron chi connectivity index (χ1n) is 7.20. The van der Waals surface area contributed by atoms with E-state index in [2.05, 4.69) is 13.8 Å². The van der Waals surface area contributed by atoms with Crippen LogP contribution >= 0.6 is 0 Å². The highest BCUT2D eigenvalue weighted by atomic mass is 19.1. The average Bonchev–Trinajstić information content (AvgIpc) is 2.72. The predicted molar refractivity (Wildman–Crippen MR) is 75.3 cm³/mol. The van der Waals surface area contributed by atoms with Gasteiger partial charge in [0, 0.05) is 18.5 Å². The Morgan fingerprint density at radius 3 is 2.60 bits per heavy atom. The zero-order valence-electron chi connectivity index (χ0n) is 12.1. The molecule has 2 rings (SSSR count). The van der Waals surface area contributed by atoms with Crippen LogP contribution in [0.5, 0.6) is 0 Å². The third-order valence-electron chi connectivity index (χ3n) is 4.78. The van der Waals surface area contributed by atoms with Crippen LogP contribution in [0.3, 0.4) is 0 Å². The number of rotatable bonds is 4. The molecule has 0 heterocycles. The number of hydrogen-bond acceptors (Lipinski definition) is 2. The summed E-state index contributed by atoms with van der Waals surface area (Å²) >= 11 is 0. The number of hydrogen-bond donors (Lipinski definition) is 2. The fourth-order valence-electron chi connectivity index (χ4n) is 3.52. The molecule has 4 heteroatoms. The van der Waals surface area contributed by atoms with Gasteiger partial charge in [0.05, 0.1) is 6.10 Å².